The first kappa shape index (κ1) is 14.0. The van der Waals surface area contributed by atoms with Crippen LogP contribution in [-0.4, -0.2) is 14.5 Å². The Morgan fingerprint density at radius 1 is 1.00 bits per heavy atom. The number of hydrogen-bond acceptors (Lipinski definition) is 4. The van der Waals surface area contributed by atoms with Gasteiger partial charge in [-0.2, -0.15) is 0 Å². The maximum atomic E-state index is 11.6. The van der Waals surface area contributed by atoms with Crippen LogP contribution in [0.3, 0.4) is 0 Å². The Morgan fingerprint density at radius 2 is 1.73 bits per heavy atom. The van der Waals surface area contributed by atoms with E-state index in [4.69, 9.17) is 5.73 Å². The highest BCUT2D eigenvalue weighted by Crippen LogP contribution is 2.32. The molecule has 0 aliphatic heterocycles. The molecule has 0 aliphatic rings. The Hall–Kier alpha value is -2.95. The minimum absolute atomic E-state index is 0.0565. The Labute approximate surface area is 128 Å². The van der Waals surface area contributed by atoms with Gasteiger partial charge in [-0.1, -0.05) is 30.3 Å². The van der Waals surface area contributed by atoms with Crippen LogP contribution in [0.15, 0.2) is 53.5 Å². The molecule has 1 aromatic carbocycles. The van der Waals surface area contributed by atoms with Gasteiger partial charge < -0.3 is 10.3 Å². The number of pyridine rings is 1. The molecule has 22 heavy (non-hydrogen) atoms. The number of anilines is 1. The van der Waals surface area contributed by atoms with E-state index in [0.717, 1.165) is 28.1 Å². The summed E-state index contributed by atoms with van der Waals surface area (Å²) in [6, 6.07) is 13.1. The molecule has 2 heterocycles. The van der Waals surface area contributed by atoms with Crippen molar-refractivity contribution in [2.75, 3.05) is 5.73 Å². The molecule has 0 bridgehead atoms. The van der Waals surface area contributed by atoms with Crippen LogP contribution in [0.1, 0.15) is 5.69 Å². The van der Waals surface area contributed by atoms with Gasteiger partial charge in [-0.05, 0) is 13.0 Å². The van der Waals surface area contributed by atoms with Gasteiger partial charge in [0.2, 0.25) is 11.5 Å². The third kappa shape index (κ3) is 2.48. The van der Waals surface area contributed by atoms with E-state index >= 15 is 0 Å². The molecule has 0 saturated carbocycles. The van der Waals surface area contributed by atoms with Crippen LogP contribution in [0.5, 0.6) is 0 Å². The number of hydrogen-bond donors (Lipinski definition) is 1. The van der Waals surface area contributed by atoms with E-state index in [9.17, 15) is 4.79 Å². The van der Waals surface area contributed by atoms with Crippen molar-refractivity contribution in [3.05, 3.63) is 64.7 Å². The molecule has 0 atom stereocenters. The van der Waals surface area contributed by atoms with Crippen LogP contribution in [-0.2, 0) is 7.05 Å². The molecule has 0 aliphatic carbocycles. The number of aromatic nitrogens is 3. The van der Waals surface area contributed by atoms with Crippen LogP contribution in [0.2, 0.25) is 0 Å². The van der Waals surface area contributed by atoms with Crippen molar-refractivity contribution in [3.8, 4) is 22.4 Å². The second-order valence-electron chi connectivity index (χ2n) is 5.12. The predicted molar refractivity (Wildman–Crippen MR) is 87.3 cm³/mol. The molecular formula is C17H16N4O. The molecular weight excluding hydrogens is 276 g/mol. The molecule has 0 fully saturated rings. The van der Waals surface area contributed by atoms with E-state index in [1.165, 1.54) is 0 Å². The van der Waals surface area contributed by atoms with E-state index in [2.05, 4.69) is 9.97 Å². The lowest BCUT2D eigenvalue weighted by Gasteiger charge is -2.13. The average molecular weight is 292 g/mol. The Kier molecular flexibility index (Phi) is 3.47. The third-order valence-corrected chi connectivity index (χ3v) is 3.53. The van der Waals surface area contributed by atoms with E-state index in [1.807, 2.05) is 37.3 Å². The van der Waals surface area contributed by atoms with Crippen LogP contribution in [0, 0.1) is 6.92 Å². The molecule has 0 radical (unpaired) electrons. The van der Waals surface area contributed by atoms with E-state index in [0.29, 0.717) is 0 Å². The summed E-state index contributed by atoms with van der Waals surface area (Å²) in [5.41, 5.74) is 10.0. The SMILES string of the molecule is Cc1nc(N)nc(-c2ccccc2)c1-c1ccc(=O)n(C)c1. The first-order valence-corrected chi connectivity index (χ1v) is 6.93. The Bertz CT molecular complexity index is 885. The fraction of sp³-hybridized carbons (Fsp3) is 0.118. The Balaban J connectivity index is 2.31. The van der Waals surface area contributed by atoms with E-state index in [1.54, 1.807) is 29.9 Å². The van der Waals surface area contributed by atoms with Crippen molar-refractivity contribution in [2.24, 2.45) is 7.05 Å². The van der Waals surface area contributed by atoms with Gasteiger partial charge in [-0.25, -0.2) is 9.97 Å². The number of nitrogens with two attached hydrogens (primary N) is 1. The summed E-state index contributed by atoms with van der Waals surface area (Å²) in [7, 11) is 1.72. The second kappa shape index (κ2) is 5.44. The first-order valence-electron chi connectivity index (χ1n) is 6.93. The van der Waals surface area contributed by atoms with E-state index in [-0.39, 0.29) is 11.5 Å². The van der Waals surface area contributed by atoms with Gasteiger partial charge in [0.15, 0.2) is 0 Å². The monoisotopic (exact) mass is 292 g/mol. The summed E-state index contributed by atoms with van der Waals surface area (Å²) < 4.78 is 1.54. The zero-order valence-electron chi connectivity index (χ0n) is 12.4. The molecule has 0 unspecified atom stereocenters. The standard InChI is InChI=1S/C17H16N4O/c1-11-15(13-8-9-14(22)21(2)10-13)16(20-17(18)19-11)12-6-4-3-5-7-12/h3-10H,1-2H3,(H2,18,19,20). The summed E-state index contributed by atoms with van der Waals surface area (Å²) in [5.74, 6) is 0.241. The number of nitrogens with zero attached hydrogens (tertiary/aromatic N) is 3. The van der Waals surface area contributed by atoms with Crippen molar-refractivity contribution in [1.82, 2.24) is 14.5 Å². The zero-order valence-corrected chi connectivity index (χ0v) is 12.4. The molecule has 0 spiro atoms. The molecule has 2 N–H and O–H groups in total. The van der Waals surface area contributed by atoms with Gasteiger partial charge in [0.05, 0.1) is 11.4 Å². The second-order valence-corrected chi connectivity index (χ2v) is 5.12. The van der Waals surface area contributed by atoms with Gasteiger partial charge in [-0.3, -0.25) is 4.79 Å². The third-order valence-electron chi connectivity index (χ3n) is 3.53. The quantitative estimate of drug-likeness (QED) is 0.787. The zero-order chi connectivity index (χ0) is 15.7. The van der Waals surface area contributed by atoms with Crippen molar-refractivity contribution in [3.63, 3.8) is 0 Å². The fourth-order valence-corrected chi connectivity index (χ4v) is 2.49. The first-order chi connectivity index (χ1) is 10.6. The molecule has 2 aromatic heterocycles. The lowest BCUT2D eigenvalue weighted by atomic mass is 9.99. The Morgan fingerprint density at radius 3 is 2.41 bits per heavy atom. The highest BCUT2D eigenvalue weighted by atomic mass is 16.1. The number of nitrogen functional groups attached to an aromatic ring is 1. The molecule has 3 rings (SSSR count). The average Bonchev–Trinajstić information content (AvgIpc) is 2.50. The van der Waals surface area contributed by atoms with Gasteiger partial charge >= 0.3 is 0 Å². The van der Waals surface area contributed by atoms with Crippen molar-refractivity contribution in [1.29, 1.82) is 0 Å². The normalized spacial score (nSPS) is 10.6. The van der Waals surface area contributed by atoms with Gasteiger partial charge in [0.25, 0.3) is 0 Å². The van der Waals surface area contributed by atoms with Crippen LogP contribution < -0.4 is 11.3 Å². The lowest BCUT2D eigenvalue weighted by Crippen LogP contribution is -2.14. The van der Waals surface area contributed by atoms with Gasteiger partial charge in [0.1, 0.15) is 0 Å². The minimum Gasteiger partial charge on any atom is -0.368 e. The summed E-state index contributed by atoms with van der Waals surface area (Å²) in [5, 5.41) is 0. The summed E-state index contributed by atoms with van der Waals surface area (Å²) in [4.78, 5) is 20.3. The van der Waals surface area contributed by atoms with Crippen LogP contribution in [0.25, 0.3) is 22.4 Å². The topological polar surface area (TPSA) is 73.8 Å². The van der Waals surface area contributed by atoms with Crippen LogP contribution >= 0.6 is 0 Å². The van der Waals surface area contributed by atoms with Crippen LogP contribution in [0.4, 0.5) is 5.95 Å². The van der Waals surface area contributed by atoms with Crippen molar-refractivity contribution >= 4 is 5.95 Å². The lowest BCUT2D eigenvalue weighted by molar-refractivity contribution is 0.861. The molecule has 0 amide bonds. The summed E-state index contributed by atoms with van der Waals surface area (Å²) in [6.07, 6.45) is 1.79. The fourth-order valence-electron chi connectivity index (χ4n) is 2.49. The smallest absolute Gasteiger partial charge is 0.250 e. The molecule has 5 heteroatoms. The molecule has 5 nitrogen and oxygen atoms in total. The number of aryl methyl sites for hydroxylation is 2. The van der Waals surface area contributed by atoms with E-state index < -0.39 is 0 Å². The minimum atomic E-state index is -0.0565. The maximum absolute atomic E-state index is 11.6. The largest absolute Gasteiger partial charge is 0.368 e. The summed E-state index contributed by atoms with van der Waals surface area (Å²) >= 11 is 0. The highest BCUT2D eigenvalue weighted by molar-refractivity contribution is 5.82. The molecule has 0 saturated heterocycles. The molecule has 110 valence electrons. The maximum Gasteiger partial charge on any atom is 0.250 e. The van der Waals surface area contributed by atoms with Gasteiger partial charge in [0, 0.05) is 36.0 Å². The highest BCUT2D eigenvalue weighted by Gasteiger charge is 2.15. The number of rotatable bonds is 2. The number of benzene rings is 1. The molecule has 3 aromatic rings. The van der Waals surface area contributed by atoms with Crippen molar-refractivity contribution < 1.29 is 0 Å². The predicted octanol–water partition coefficient (Wildman–Crippen LogP) is 2.40. The van der Waals surface area contributed by atoms with Crippen molar-refractivity contribution in [2.45, 2.75) is 6.92 Å². The van der Waals surface area contributed by atoms with Gasteiger partial charge in [-0.15, -0.1) is 0 Å². The summed E-state index contributed by atoms with van der Waals surface area (Å²) in [6.45, 7) is 1.89.